The molecule has 17 heavy (non-hydrogen) atoms. The number of likely N-dealkylation sites (N-methyl/N-ethyl adjacent to an activating group) is 1. The van der Waals surface area contributed by atoms with Crippen molar-refractivity contribution in [3.05, 3.63) is 24.3 Å². The third kappa shape index (κ3) is 2.67. The van der Waals surface area contributed by atoms with Crippen molar-refractivity contribution in [2.24, 2.45) is 0 Å². The minimum Gasteiger partial charge on any atom is -0.481 e. The molecule has 0 amide bonds. The van der Waals surface area contributed by atoms with Gasteiger partial charge in [-0.3, -0.25) is 0 Å². The Bertz CT molecular complexity index is 381. The molecule has 2 rings (SSSR count). The maximum atomic E-state index is 6.01. The van der Waals surface area contributed by atoms with Gasteiger partial charge in [0.1, 0.15) is 5.60 Å². The van der Waals surface area contributed by atoms with E-state index >= 15 is 0 Å². The molecule has 4 heteroatoms. The fourth-order valence-electron chi connectivity index (χ4n) is 2.11. The van der Waals surface area contributed by atoms with Crippen LogP contribution in [0.2, 0.25) is 0 Å². The first-order valence-corrected chi connectivity index (χ1v) is 5.66. The van der Waals surface area contributed by atoms with E-state index in [2.05, 4.69) is 26.1 Å². The molecule has 1 heterocycles. The van der Waals surface area contributed by atoms with Gasteiger partial charge in [0.15, 0.2) is 17.6 Å². The van der Waals surface area contributed by atoms with Gasteiger partial charge in [0, 0.05) is 6.04 Å². The average Bonchev–Trinajstić information content (AvgIpc) is 2.26. The third-order valence-electron chi connectivity index (χ3n) is 3.07. The van der Waals surface area contributed by atoms with E-state index in [1.165, 1.54) is 0 Å². The van der Waals surface area contributed by atoms with Crippen LogP contribution in [0, 0.1) is 0 Å². The number of hydrogen-bond donors (Lipinski definition) is 1. The summed E-state index contributed by atoms with van der Waals surface area (Å²) in [6, 6.07) is 8.04. The second-order valence-corrected chi connectivity index (χ2v) is 4.77. The van der Waals surface area contributed by atoms with Crippen LogP contribution in [0.15, 0.2) is 24.3 Å². The standard InChI is InChI=1S/C13H19NO2.ClH/c1-9(14-4)12-13(2,3)16-11-8-6-5-7-10(11)15-12;/h5-9,12,14H,1-4H3;1H. The molecule has 0 bridgehead atoms. The summed E-state index contributed by atoms with van der Waals surface area (Å²) in [7, 11) is 1.94. The van der Waals surface area contributed by atoms with Crippen molar-refractivity contribution in [1.29, 1.82) is 0 Å². The minimum absolute atomic E-state index is 0. The van der Waals surface area contributed by atoms with E-state index in [0.717, 1.165) is 11.5 Å². The van der Waals surface area contributed by atoms with Gasteiger partial charge in [0.2, 0.25) is 0 Å². The van der Waals surface area contributed by atoms with Crippen LogP contribution in [-0.2, 0) is 0 Å². The van der Waals surface area contributed by atoms with Gasteiger partial charge < -0.3 is 14.8 Å². The quantitative estimate of drug-likeness (QED) is 0.884. The number of benzene rings is 1. The Kier molecular flexibility index (Phi) is 4.28. The third-order valence-corrected chi connectivity index (χ3v) is 3.07. The second kappa shape index (κ2) is 5.15. The molecule has 1 N–H and O–H groups in total. The normalized spacial score (nSPS) is 22.5. The summed E-state index contributed by atoms with van der Waals surface area (Å²) in [6.45, 7) is 6.21. The summed E-state index contributed by atoms with van der Waals surface area (Å²) in [5, 5.41) is 3.22. The minimum atomic E-state index is -0.323. The largest absolute Gasteiger partial charge is 0.481 e. The van der Waals surface area contributed by atoms with Crippen molar-refractivity contribution in [2.75, 3.05) is 7.05 Å². The number of rotatable bonds is 2. The summed E-state index contributed by atoms with van der Waals surface area (Å²) in [6.07, 6.45) is 0.00685. The van der Waals surface area contributed by atoms with Gasteiger partial charge in [0.05, 0.1) is 0 Å². The van der Waals surface area contributed by atoms with Crippen LogP contribution in [0.1, 0.15) is 20.8 Å². The zero-order valence-corrected chi connectivity index (χ0v) is 11.5. The summed E-state index contributed by atoms with van der Waals surface area (Å²) in [4.78, 5) is 0. The summed E-state index contributed by atoms with van der Waals surface area (Å²) >= 11 is 0. The fourth-order valence-corrected chi connectivity index (χ4v) is 2.11. The Balaban J connectivity index is 0.00000144. The van der Waals surface area contributed by atoms with E-state index in [4.69, 9.17) is 9.47 Å². The fraction of sp³-hybridized carbons (Fsp3) is 0.538. The average molecular weight is 258 g/mol. The van der Waals surface area contributed by atoms with Gasteiger partial charge in [-0.25, -0.2) is 0 Å². The maximum absolute atomic E-state index is 6.01. The SMILES string of the molecule is CNC(C)C1Oc2ccccc2OC1(C)C.Cl. The lowest BCUT2D eigenvalue weighted by Gasteiger charge is -2.42. The molecule has 96 valence electrons. The van der Waals surface area contributed by atoms with Crippen LogP contribution in [0.4, 0.5) is 0 Å². The molecule has 0 radical (unpaired) electrons. The van der Waals surface area contributed by atoms with Crippen LogP contribution in [0.5, 0.6) is 11.5 Å². The van der Waals surface area contributed by atoms with Crippen molar-refractivity contribution < 1.29 is 9.47 Å². The molecule has 0 aliphatic carbocycles. The molecule has 3 nitrogen and oxygen atoms in total. The van der Waals surface area contributed by atoms with Gasteiger partial charge in [-0.05, 0) is 40.0 Å². The molecule has 0 saturated carbocycles. The topological polar surface area (TPSA) is 30.5 Å². The van der Waals surface area contributed by atoms with Gasteiger partial charge in [-0.2, -0.15) is 0 Å². The van der Waals surface area contributed by atoms with E-state index in [1.54, 1.807) is 0 Å². The van der Waals surface area contributed by atoms with Crippen LogP contribution < -0.4 is 14.8 Å². The van der Waals surface area contributed by atoms with Crippen LogP contribution >= 0.6 is 12.4 Å². The molecular weight excluding hydrogens is 238 g/mol. The molecule has 1 aliphatic heterocycles. The molecule has 1 aromatic rings. The lowest BCUT2D eigenvalue weighted by atomic mass is 9.94. The second-order valence-electron chi connectivity index (χ2n) is 4.77. The number of halogens is 1. The van der Waals surface area contributed by atoms with Crippen molar-refractivity contribution in [3.63, 3.8) is 0 Å². The monoisotopic (exact) mass is 257 g/mol. The first-order chi connectivity index (χ1) is 7.54. The molecule has 0 saturated heterocycles. The number of fused-ring (bicyclic) bond motifs is 1. The maximum Gasteiger partial charge on any atom is 0.162 e. The number of ether oxygens (including phenoxy) is 2. The molecule has 1 aliphatic rings. The van der Waals surface area contributed by atoms with E-state index in [9.17, 15) is 0 Å². The first kappa shape index (κ1) is 14.1. The Morgan fingerprint density at radius 3 is 2.41 bits per heavy atom. The van der Waals surface area contributed by atoms with Crippen LogP contribution in [-0.4, -0.2) is 24.8 Å². The Labute approximate surface area is 109 Å². The van der Waals surface area contributed by atoms with E-state index in [1.807, 2.05) is 31.3 Å². The zero-order chi connectivity index (χ0) is 11.8. The Hall–Kier alpha value is -0.930. The molecular formula is C13H20ClNO2. The summed E-state index contributed by atoms with van der Waals surface area (Å²) < 4.78 is 12.0. The highest BCUT2D eigenvalue weighted by molar-refractivity contribution is 5.85. The highest BCUT2D eigenvalue weighted by Crippen LogP contribution is 2.38. The first-order valence-electron chi connectivity index (χ1n) is 5.66. The van der Waals surface area contributed by atoms with E-state index < -0.39 is 0 Å². The predicted octanol–water partition coefficient (Wildman–Crippen LogP) is 2.63. The predicted molar refractivity (Wildman–Crippen MR) is 71.3 cm³/mol. The molecule has 0 fully saturated rings. The molecule has 1 aromatic carbocycles. The Morgan fingerprint density at radius 1 is 1.24 bits per heavy atom. The number of nitrogens with one attached hydrogen (secondary N) is 1. The lowest BCUT2D eigenvalue weighted by molar-refractivity contribution is -0.0554. The highest BCUT2D eigenvalue weighted by atomic mass is 35.5. The van der Waals surface area contributed by atoms with Gasteiger partial charge >= 0.3 is 0 Å². The van der Waals surface area contributed by atoms with Crippen molar-refractivity contribution in [1.82, 2.24) is 5.32 Å². The van der Waals surface area contributed by atoms with E-state index in [0.29, 0.717) is 0 Å². The van der Waals surface area contributed by atoms with Gasteiger partial charge in [-0.1, -0.05) is 12.1 Å². The smallest absolute Gasteiger partial charge is 0.162 e. The molecule has 2 unspecified atom stereocenters. The summed E-state index contributed by atoms with van der Waals surface area (Å²) in [5.74, 6) is 1.65. The molecule has 0 spiro atoms. The molecule has 2 atom stereocenters. The van der Waals surface area contributed by atoms with Gasteiger partial charge in [-0.15, -0.1) is 12.4 Å². The highest BCUT2D eigenvalue weighted by Gasteiger charge is 2.41. The summed E-state index contributed by atoms with van der Waals surface area (Å²) in [5.41, 5.74) is -0.323. The lowest BCUT2D eigenvalue weighted by Crippen LogP contribution is -2.56. The van der Waals surface area contributed by atoms with E-state index in [-0.39, 0.29) is 30.2 Å². The van der Waals surface area contributed by atoms with Crippen molar-refractivity contribution >= 4 is 12.4 Å². The molecule has 0 aromatic heterocycles. The number of hydrogen-bond acceptors (Lipinski definition) is 3. The van der Waals surface area contributed by atoms with Crippen LogP contribution in [0.3, 0.4) is 0 Å². The number of para-hydroxylation sites is 2. The van der Waals surface area contributed by atoms with Crippen LogP contribution in [0.25, 0.3) is 0 Å². The van der Waals surface area contributed by atoms with Crippen molar-refractivity contribution in [2.45, 2.75) is 38.5 Å². The van der Waals surface area contributed by atoms with Gasteiger partial charge in [0.25, 0.3) is 0 Å². The zero-order valence-electron chi connectivity index (χ0n) is 10.7. The van der Waals surface area contributed by atoms with Crippen molar-refractivity contribution in [3.8, 4) is 11.5 Å². The Morgan fingerprint density at radius 2 is 1.82 bits per heavy atom.